The number of alkyl halides is 5. The van der Waals surface area contributed by atoms with E-state index in [1.807, 2.05) is 4.90 Å². The Bertz CT molecular complexity index is 1220. The molecule has 2 aliphatic heterocycles. The van der Waals surface area contributed by atoms with Crippen LogP contribution < -0.4 is 9.80 Å². The Labute approximate surface area is 190 Å². The summed E-state index contributed by atoms with van der Waals surface area (Å²) in [6.45, 7) is 0.798. The topological polar surface area (TPSA) is 80.0 Å². The molecule has 0 bridgehead atoms. The molecular weight excluding hydrogens is 461 g/mol. The first-order valence-corrected chi connectivity index (χ1v) is 10.7. The predicted octanol–water partition coefficient (Wildman–Crippen LogP) is 3.53. The van der Waals surface area contributed by atoms with Crippen molar-refractivity contribution in [2.24, 2.45) is 5.41 Å². The smallest absolute Gasteiger partial charge is 0.355 e. The van der Waals surface area contributed by atoms with Gasteiger partial charge in [-0.25, -0.2) is 28.4 Å². The zero-order valence-electron chi connectivity index (χ0n) is 17.8. The van der Waals surface area contributed by atoms with Crippen LogP contribution in [0.3, 0.4) is 0 Å². The fourth-order valence-electron chi connectivity index (χ4n) is 4.64. The Morgan fingerprint density at radius 3 is 2.53 bits per heavy atom. The molecule has 5 heterocycles. The van der Waals surface area contributed by atoms with Gasteiger partial charge in [0.05, 0.1) is 12.4 Å². The molecular formula is C21H20F5N7O. The lowest BCUT2D eigenvalue weighted by molar-refractivity contribution is -0.141. The third-order valence-corrected chi connectivity index (χ3v) is 6.41. The number of nitrogens with zero attached hydrogens (tertiary/aromatic N) is 7. The molecule has 0 radical (unpaired) electrons. The molecule has 8 nitrogen and oxygen atoms in total. The second-order valence-electron chi connectivity index (χ2n) is 8.68. The maximum atomic E-state index is 13.0. The van der Waals surface area contributed by atoms with Crippen LogP contribution in [-0.4, -0.2) is 56.7 Å². The normalized spacial score (nSPS) is 18.6. The number of fused-ring (bicyclic) bond motifs is 1. The van der Waals surface area contributed by atoms with E-state index in [1.165, 1.54) is 23.2 Å². The molecule has 0 aromatic carbocycles. The van der Waals surface area contributed by atoms with Gasteiger partial charge in [0.25, 0.3) is 6.43 Å². The molecule has 0 atom stereocenters. The molecule has 1 spiro atoms. The Morgan fingerprint density at radius 1 is 1.06 bits per heavy atom. The molecule has 0 aliphatic carbocycles. The van der Waals surface area contributed by atoms with E-state index in [9.17, 15) is 26.7 Å². The van der Waals surface area contributed by atoms with Gasteiger partial charge < -0.3 is 4.90 Å². The number of pyridine rings is 1. The highest BCUT2D eigenvalue weighted by Crippen LogP contribution is 2.43. The van der Waals surface area contributed by atoms with Gasteiger partial charge in [-0.3, -0.25) is 9.69 Å². The van der Waals surface area contributed by atoms with Crippen molar-refractivity contribution in [2.75, 3.05) is 29.4 Å². The van der Waals surface area contributed by atoms with Crippen molar-refractivity contribution >= 4 is 28.7 Å². The first kappa shape index (κ1) is 22.4. The van der Waals surface area contributed by atoms with E-state index in [4.69, 9.17) is 0 Å². The monoisotopic (exact) mass is 481 g/mol. The molecule has 3 aromatic heterocycles. The van der Waals surface area contributed by atoms with Crippen molar-refractivity contribution in [3.05, 3.63) is 36.3 Å². The first-order valence-electron chi connectivity index (χ1n) is 10.7. The van der Waals surface area contributed by atoms with Crippen LogP contribution in [0.5, 0.6) is 0 Å². The summed E-state index contributed by atoms with van der Waals surface area (Å²) in [4.78, 5) is 28.4. The summed E-state index contributed by atoms with van der Waals surface area (Å²) in [5.74, 6) is 0.277. The van der Waals surface area contributed by atoms with Gasteiger partial charge in [-0.15, -0.1) is 0 Å². The number of aromatic nitrogens is 5. The Balaban J connectivity index is 1.30. The summed E-state index contributed by atoms with van der Waals surface area (Å²) in [5.41, 5.74) is -0.716. The summed E-state index contributed by atoms with van der Waals surface area (Å²) in [5, 5.41) is 3.92. The van der Waals surface area contributed by atoms with Gasteiger partial charge in [0, 0.05) is 31.5 Å². The molecule has 2 saturated heterocycles. The van der Waals surface area contributed by atoms with Crippen LogP contribution >= 0.6 is 0 Å². The predicted molar refractivity (Wildman–Crippen MR) is 111 cm³/mol. The molecule has 34 heavy (non-hydrogen) atoms. The fourth-order valence-corrected chi connectivity index (χ4v) is 4.64. The summed E-state index contributed by atoms with van der Waals surface area (Å²) >= 11 is 0. The standard InChI is InChI=1S/C21H20F5N7O/c22-15(23)11-33-19-13(9-28-33)27-10-17(30-19)31-6-4-20(5-7-31)8-18(34)32(12-20)16-3-1-2-14(29-16)21(24,25)26/h1-3,9-10,15H,4-8,11-12H2. The van der Waals surface area contributed by atoms with E-state index in [-0.39, 0.29) is 29.2 Å². The zero-order chi connectivity index (χ0) is 24.1. The van der Waals surface area contributed by atoms with Crippen LogP contribution in [0, 0.1) is 5.41 Å². The average Bonchev–Trinajstić information content (AvgIpc) is 3.33. The van der Waals surface area contributed by atoms with Gasteiger partial charge in [0.15, 0.2) is 5.65 Å². The van der Waals surface area contributed by atoms with E-state index in [2.05, 4.69) is 20.1 Å². The van der Waals surface area contributed by atoms with Crippen molar-refractivity contribution in [3.8, 4) is 0 Å². The van der Waals surface area contributed by atoms with Gasteiger partial charge in [-0.1, -0.05) is 6.07 Å². The first-order chi connectivity index (χ1) is 16.1. The molecule has 2 fully saturated rings. The van der Waals surface area contributed by atoms with E-state index >= 15 is 0 Å². The quantitative estimate of drug-likeness (QED) is 0.531. The molecule has 0 unspecified atom stereocenters. The summed E-state index contributed by atoms with van der Waals surface area (Å²) in [7, 11) is 0. The number of amides is 1. The van der Waals surface area contributed by atoms with Crippen LogP contribution in [0.4, 0.5) is 33.6 Å². The van der Waals surface area contributed by atoms with Gasteiger partial charge in [-0.2, -0.15) is 18.3 Å². The minimum Gasteiger partial charge on any atom is -0.355 e. The highest BCUT2D eigenvalue weighted by Gasteiger charge is 2.46. The number of anilines is 2. The molecule has 180 valence electrons. The number of carbonyl (C=O) groups is 1. The maximum absolute atomic E-state index is 13.0. The van der Waals surface area contributed by atoms with Crippen LogP contribution in [-0.2, 0) is 17.5 Å². The van der Waals surface area contributed by atoms with Crippen molar-refractivity contribution < 1.29 is 26.7 Å². The average molecular weight is 481 g/mol. The van der Waals surface area contributed by atoms with Crippen LogP contribution in [0.2, 0.25) is 0 Å². The molecule has 5 rings (SSSR count). The molecule has 1 amide bonds. The summed E-state index contributed by atoms with van der Waals surface area (Å²) < 4.78 is 65.9. The van der Waals surface area contributed by atoms with Crippen LogP contribution in [0.15, 0.2) is 30.6 Å². The minimum atomic E-state index is -4.59. The van der Waals surface area contributed by atoms with E-state index < -0.39 is 24.8 Å². The second kappa shape index (κ2) is 8.13. The van der Waals surface area contributed by atoms with Gasteiger partial charge in [-0.05, 0) is 25.0 Å². The third kappa shape index (κ3) is 4.14. The van der Waals surface area contributed by atoms with Crippen LogP contribution in [0.25, 0.3) is 11.2 Å². The number of piperidine rings is 1. The number of hydrogen-bond donors (Lipinski definition) is 0. The minimum absolute atomic E-state index is 0.00254. The van der Waals surface area contributed by atoms with Gasteiger partial charge in [0.1, 0.15) is 29.4 Å². The number of rotatable bonds is 4. The van der Waals surface area contributed by atoms with Crippen molar-refractivity contribution in [1.82, 2.24) is 24.7 Å². The molecule has 0 saturated carbocycles. The lowest BCUT2D eigenvalue weighted by Gasteiger charge is -2.39. The van der Waals surface area contributed by atoms with Crippen molar-refractivity contribution in [1.29, 1.82) is 0 Å². The number of carbonyl (C=O) groups excluding carboxylic acids is 1. The maximum Gasteiger partial charge on any atom is 0.433 e. The Kier molecular flexibility index (Phi) is 5.36. The fraction of sp³-hybridized carbons (Fsp3) is 0.476. The second-order valence-corrected chi connectivity index (χ2v) is 8.68. The summed E-state index contributed by atoms with van der Waals surface area (Å²) in [6, 6.07) is 3.54. The third-order valence-electron chi connectivity index (χ3n) is 6.41. The Hall–Kier alpha value is -3.38. The molecule has 0 N–H and O–H groups in total. The van der Waals surface area contributed by atoms with Gasteiger partial charge in [0.2, 0.25) is 5.91 Å². The van der Waals surface area contributed by atoms with Crippen molar-refractivity contribution in [2.45, 2.75) is 38.4 Å². The number of halogens is 5. The van der Waals surface area contributed by atoms with E-state index in [0.717, 1.165) is 10.7 Å². The lowest BCUT2D eigenvalue weighted by atomic mass is 9.77. The van der Waals surface area contributed by atoms with E-state index in [0.29, 0.717) is 43.8 Å². The van der Waals surface area contributed by atoms with Gasteiger partial charge >= 0.3 is 6.18 Å². The number of hydrogen-bond acceptors (Lipinski definition) is 6. The molecule has 13 heteroatoms. The largest absolute Gasteiger partial charge is 0.433 e. The van der Waals surface area contributed by atoms with Crippen LogP contribution in [0.1, 0.15) is 25.0 Å². The highest BCUT2D eigenvalue weighted by atomic mass is 19.4. The highest BCUT2D eigenvalue weighted by molar-refractivity contribution is 5.95. The van der Waals surface area contributed by atoms with E-state index in [1.54, 1.807) is 6.20 Å². The SMILES string of the molecule is O=C1CC2(CCN(c3cnc4cnn(CC(F)F)c4n3)CC2)CN1c1cccc(C(F)(F)F)n1. The zero-order valence-corrected chi connectivity index (χ0v) is 17.8. The lowest BCUT2D eigenvalue weighted by Crippen LogP contribution is -2.42. The molecule has 3 aromatic rings. The Morgan fingerprint density at radius 2 is 1.82 bits per heavy atom. The molecule has 2 aliphatic rings. The van der Waals surface area contributed by atoms with Crippen molar-refractivity contribution in [3.63, 3.8) is 0 Å². The summed E-state index contributed by atoms with van der Waals surface area (Å²) in [6.07, 6.45) is -2.75.